The Bertz CT molecular complexity index is 1130. The van der Waals surface area contributed by atoms with E-state index in [0.29, 0.717) is 11.1 Å². The maximum atomic E-state index is 13.3. The second-order valence-corrected chi connectivity index (χ2v) is 8.14. The van der Waals surface area contributed by atoms with Crippen LogP contribution in [0, 0.1) is 5.92 Å². The third-order valence-electron chi connectivity index (χ3n) is 5.47. The molecule has 0 aliphatic carbocycles. The molecule has 1 aromatic carbocycles. The summed E-state index contributed by atoms with van der Waals surface area (Å²) in [5.74, 6) is -2.38. The molecule has 0 spiro atoms. The molecular weight excluding hydrogens is 500 g/mol. The van der Waals surface area contributed by atoms with E-state index in [1.54, 1.807) is 26.0 Å². The Labute approximate surface area is 211 Å². The number of hydrogen-bond donors (Lipinski definition) is 1. The third-order valence-corrected chi connectivity index (χ3v) is 5.69. The normalized spacial score (nSPS) is 20.0. The number of rotatable bonds is 6. The van der Waals surface area contributed by atoms with E-state index in [1.807, 2.05) is 13.8 Å². The number of aromatic nitrogens is 1. The van der Waals surface area contributed by atoms with Crippen LogP contribution in [0.5, 0.6) is 11.5 Å². The first-order chi connectivity index (χ1) is 17.1. The fourth-order valence-corrected chi connectivity index (χ4v) is 3.94. The highest BCUT2D eigenvalue weighted by Crippen LogP contribution is 2.42. The van der Waals surface area contributed by atoms with Gasteiger partial charge in [0.1, 0.15) is 5.15 Å². The van der Waals surface area contributed by atoms with Gasteiger partial charge in [-0.1, -0.05) is 37.6 Å². The van der Waals surface area contributed by atoms with Gasteiger partial charge in [0.05, 0.1) is 18.6 Å². The van der Waals surface area contributed by atoms with Gasteiger partial charge in [0.15, 0.2) is 17.5 Å². The van der Waals surface area contributed by atoms with Crippen molar-refractivity contribution in [3.63, 3.8) is 0 Å². The predicted octanol–water partition coefficient (Wildman–Crippen LogP) is 4.49. The van der Waals surface area contributed by atoms with Crippen molar-refractivity contribution < 1.29 is 37.4 Å². The van der Waals surface area contributed by atoms with Gasteiger partial charge in [0.2, 0.25) is 5.91 Å². The molecule has 2 unspecified atom stereocenters. The Morgan fingerprint density at radius 1 is 1.22 bits per heavy atom. The molecular formula is C24H26ClF2N3O6. The molecule has 2 aliphatic rings. The number of β-lactam (4-membered cyclic amide) rings is 1. The lowest BCUT2D eigenvalue weighted by molar-refractivity contribution is -0.286. The van der Waals surface area contributed by atoms with Gasteiger partial charge in [-0.05, 0) is 49.6 Å². The van der Waals surface area contributed by atoms with Gasteiger partial charge in [-0.25, -0.2) is 19.5 Å². The Morgan fingerprint density at radius 3 is 2.56 bits per heavy atom. The number of ether oxygens (including phenoxy) is 3. The monoisotopic (exact) mass is 525 g/mol. The molecule has 1 fully saturated rings. The molecule has 194 valence electrons. The number of imide groups is 1. The van der Waals surface area contributed by atoms with E-state index < -0.39 is 42.2 Å². The Hall–Kier alpha value is -3.47. The number of alkyl halides is 2. The third kappa shape index (κ3) is 5.67. The number of esters is 1. The van der Waals surface area contributed by atoms with Crippen molar-refractivity contribution in [2.45, 2.75) is 52.5 Å². The molecule has 0 radical (unpaired) electrons. The van der Waals surface area contributed by atoms with E-state index in [9.17, 15) is 23.2 Å². The highest BCUT2D eigenvalue weighted by atomic mass is 35.5. The molecule has 2 aliphatic heterocycles. The molecule has 36 heavy (non-hydrogen) atoms. The second kappa shape index (κ2) is 11.1. The van der Waals surface area contributed by atoms with E-state index in [0.717, 1.165) is 4.90 Å². The zero-order valence-electron chi connectivity index (χ0n) is 20.1. The Morgan fingerprint density at radius 2 is 1.92 bits per heavy atom. The van der Waals surface area contributed by atoms with Crippen LogP contribution in [-0.2, 0) is 20.7 Å². The molecule has 3 heterocycles. The van der Waals surface area contributed by atoms with Crippen molar-refractivity contribution in [3.8, 4) is 11.5 Å². The van der Waals surface area contributed by atoms with Gasteiger partial charge in [-0.3, -0.25) is 4.79 Å². The minimum absolute atomic E-state index is 0.0758. The van der Waals surface area contributed by atoms with Crippen LogP contribution in [0.2, 0.25) is 5.15 Å². The number of urea groups is 1. The molecule has 9 nitrogen and oxygen atoms in total. The number of benzene rings is 1. The minimum Gasteiger partial charge on any atom is -0.464 e. The quantitative estimate of drug-likeness (QED) is 0.336. The van der Waals surface area contributed by atoms with Gasteiger partial charge in [-0.2, -0.15) is 0 Å². The van der Waals surface area contributed by atoms with Crippen LogP contribution >= 0.6 is 11.6 Å². The van der Waals surface area contributed by atoms with E-state index in [4.69, 9.17) is 16.3 Å². The standard InChI is InChI=1S/C22H20ClF2N3O6.C2H6/c1-3-32-20(30)18-14(8-12-4-7-17(23)26-10-12)19(29)28(18)21(31)27-11(2)13-5-6-15-16(9-13)34-22(24,25)33-15;1-2/h4-7,9-11,14,18H,3,8H2,1-2H3,(H,27,31);1-2H3/t11?,14-,18?;/m1./s1. The average Bonchev–Trinajstić information content (AvgIpc) is 3.15. The summed E-state index contributed by atoms with van der Waals surface area (Å²) in [6.07, 6.45) is -2.10. The van der Waals surface area contributed by atoms with E-state index in [1.165, 1.54) is 24.4 Å². The number of fused-ring (bicyclic) bond motifs is 1. The minimum atomic E-state index is -3.76. The van der Waals surface area contributed by atoms with Gasteiger partial charge < -0.3 is 19.5 Å². The number of nitrogens with zero attached hydrogens (tertiary/aromatic N) is 2. The smallest absolute Gasteiger partial charge is 0.464 e. The van der Waals surface area contributed by atoms with Crippen molar-refractivity contribution in [1.82, 2.24) is 15.2 Å². The second-order valence-electron chi connectivity index (χ2n) is 7.75. The first-order valence-electron chi connectivity index (χ1n) is 11.4. The maximum absolute atomic E-state index is 13.3. The summed E-state index contributed by atoms with van der Waals surface area (Å²) in [7, 11) is 0. The molecule has 0 saturated carbocycles. The number of likely N-dealkylation sites (tertiary alicyclic amines) is 1. The summed E-state index contributed by atoms with van der Waals surface area (Å²) in [6, 6.07) is 4.68. The van der Waals surface area contributed by atoms with Crippen LogP contribution in [0.4, 0.5) is 13.6 Å². The molecule has 12 heteroatoms. The number of pyridine rings is 1. The predicted molar refractivity (Wildman–Crippen MR) is 125 cm³/mol. The number of amides is 3. The molecule has 1 saturated heterocycles. The summed E-state index contributed by atoms with van der Waals surface area (Å²) >= 11 is 5.79. The topological polar surface area (TPSA) is 107 Å². The van der Waals surface area contributed by atoms with Crippen LogP contribution in [-0.4, -0.2) is 46.7 Å². The Balaban J connectivity index is 0.00000176. The fourth-order valence-electron chi connectivity index (χ4n) is 3.83. The van der Waals surface area contributed by atoms with Crippen LogP contribution in [0.3, 0.4) is 0 Å². The molecule has 3 amide bonds. The Kier molecular flexibility index (Phi) is 8.34. The lowest BCUT2D eigenvalue weighted by Crippen LogP contribution is -2.69. The maximum Gasteiger partial charge on any atom is 0.586 e. The van der Waals surface area contributed by atoms with Gasteiger partial charge >= 0.3 is 18.3 Å². The van der Waals surface area contributed by atoms with Gasteiger partial charge in [-0.15, -0.1) is 8.78 Å². The molecule has 1 N–H and O–H groups in total. The molecule has 3 atom stereocenters. The number of carbonyl (C=O) groups is 3. The highest BCUT2D eigenvalue weighted by Gasteiger charge is 2.55. The van der Waals surface area contributed by atoms with Crippen molar-refractivity contribution in [1.29, 1.82) is 0 Å². The summed E-state index contributed by atoms with van der Waals surface area (Å²) < 4.78 is 40.4. The first-order valence-corrected chi connectivity index (χ1v) is 11.8. The molecule has 0 bridgehead atoms. The largest absolute Gasteiger partial charge is 0.586 e. The molecule has 4 rings (SSSR count). The number of hydrogen-bond acceptors (Lipinski definition) is 7. The highest BCUT2D eigenvalue weighted by molar-refractivity contribution is 6.29. The van der Waals surface area contributed by atoms with Crippen molar-refractivity contribution in [2.24, 2.45) is 5.92 Å². The SMILES string of the molecule is CC.CCOC(=O)C1[C@@H](Cc2ccc(Cl)nc2)C(=O)N1C(=O)NC(C)c1ccc2c(c1)OC(F)(F)O2. The number of nitrogens with one attached hydrogen (secondary N) is 1. The fraction of sp³-hybridized carbons (Fsp3) is 0.417. The summed E-state index contributed by atoms with van der Waals surface area (Å²) in [6.45, 7) is 7.28. The molecule has 1 aromatic heterocycles. The lowest BCUT2D eigenvalue weighted by Gasteiger charge is -2.44. The number of halogens is 3. The molecule has 2 aromatic rings. The average molecular weight is 526 g/mol. The zero-order valence-corrected chi connectivity index (χ0v) is 20.8. The van der Waals surface area contributed by atoms with Crippen LogP contribution < -0.4 is 14.8 Å². The zero-order chi connectivity index (χ0) is 26.6. The van der Waals surface area contributed by atoms with Crippen LogP contribution in [0.25, 0.3) is 0 Å². The van der Waals surface area contributed by atoms with Crippen molar-refractivity contribution in [3.05, 3.63) is 52.8 Å². The van der Waals surface area contributed by atoms with Crippen LogP contribution in [0.15, 0.2) is 36.5 Å². The summed E-state index contributed by atoms with van der Waals surface area (Å²) in [5, 5.41) is 2.89. The van der Waals surface area contributed by atoms with Crippen LogP contribution in [0.1, 0.15) is 44.9 Å². The number of carbonyl (C=O) groups excluding carboxylic acids is 3. The summed E-state index contributed by atoms with van der Waals surface area (Å²) in [4.78, 5) is 43.0. The van der Waals surface area contributed by atoms with Crippen molar-refractivity contribution >= 4 is 29.5 Å². The van der Waals surface area contributed by atoms with E-state index in [2.05, 4.69) is 19.8 Å². The lowest BCUT2D eigenvalue weighted by atomic mass is 9.83. The van der Waals surface area contributed by atoms with E-state index >= 15 is 0 Å². The van der Waals surface area contributed by atoms with Gasteiger partial charge in [0, 0.05) is 6.20 Å². The summed E-state index contributed by atoms with van der Waals surface area (Å²) in [5.41, 5.74) is 1.10. The first kappa shape index (κ1) is 27.1. The van der Waals surface area contributed by atoms with Gasteiger partial charge in [0.25, 0.3) is 0 Å². The van der Waals surface area contributed by atoms with E-state index in [-0.39, 0.29) is 29.7 Å². The van der Waals surface area contributed by atoms with Crippen molar-refractivity contribution in [2.75, 3.05) is 6.61 Å².